The first kappa shape index (κ1) is 15.2. The van der Waals surface area contributed by atoms with E-state index < -0.39 is 17.8 Å². The Morgan fingerprint density at radius 1 is 1.05 bits per heavy atom. The lowest BCUT2D eigenvalue weighted by Crippen LogP contribution is -2.16. The first-order valence-electron chi connectivity index (χ1n) is 5.72. The van der Waals surface area contributed by atoms with E-state index >= 15 is 0 Å². The summed E-state index contributed by atoms with van der Waals surface area (Å²) in [7, 11) is 0. The van der Waals surface area contributed by atoms with E-state index in [4.69, 9.17) is 17.3 Å². The number of carbonyl (C=O) groups is 1. The van der Waals surface area contributed by atoms with Crippen molar-refractivity contribution in [3.05, 3.63) is 53.1 Å². The molecule has 1 amide bonds. The smallest absolute Gasteiger partial charge is 0.411 e. The molecular weight excluding hydrogens is 307 g/mol. The Balaban J connectivity index is 2.36. The molecule has 0 unspecified atom stereocenters. The molecule has 0 aliphatic rings. The fraction of sp³-hybridized carbons (Fsp3) is 0.0714. The number of halogens is 4. The number of benzene rings is 2. The molecule has 7 heteroatoms. The molecule has 2 aromatic rings. The third-order valence-electron chi connectivity index (χ3n) is 2.68. The number of hydrogen-bond acceptors (Lipinski definition) is 2. The maximum Gasteiger partial charge on any atom is 0.417 e. The van der Waals surface area contributed by atoms with Crippen LogP contribution in [0.5, 0.6) is 5.75 Å². The van der Waals surface area contributed by atoms with Gasteiger partial charge in [0, 0.05) is 0 Å². The Hall–Kier alpha value is -2.21. The van der Waals surface area contributed by atoms with Crippen molar-refractivity contribution in [2.75, 3.05) is 0 Å². The monoisotopic (exact) mass is 315 g/mol. The molecule has 0 spiro atoms. The summed E-state index contributed by atoms with van der Waals surface area (Å²) >= 11 is 5.56. The van der Waals surface area contributed by atoms with Gasteiger partial charge in [-0.1, -0.05) is 29.8 Å². The summed E-state index contributed by atoms with van der Waals surface area (Å²) in [5, 5.41) is -0.361. The first-order valence-corrected chi connectivity index (χ1v) is 6.09. The summed E-state index contributed by atoms with van der Waals surface area (Å²) in [5.74, 6) is 0.205. The molecule has 2 aromatic carbocycles. The molecule has 0 saturated heterocycles. The summed E-state index contributed by atoms with van der Waals surface area (Å²) in [5.41, 5.74) is 4.82. The van der Waals surface area contributed by atoms with Crippen LogP contribution in [0.15, 0.2) is 42.5 Å². The SMILES string of the molecule is NC(=O)Oc1ccc(-c2ccc(Cl)c(C(F)(F)F)c2)cc1. The molecular formula is C14H9ClF3NO2. The maximum atomic E-state index is 12.8. The number of rotatable bonds is 2. The average molecular weight is 316 g/mol. The van der Waals surface area contributed by atoms with E-state index in [9.17, 15) is 18.0 Å². The summed E-state index contributed by atoms with van der Waals surface area (Å²) in [6.45, 7) is 0. The van der Waals surface area contributed by atoms with E-state index in [1.54, 1.807) is 0 Å². The van der Waals surface area contributed by atoms with Crippen LogP contribution in [-0.2, 0) is 6.18 Å². The first-order chi connectivity index (χ1) is 9.77. The van der Waals surface area contributed by atoms with E-state index in [0.717, 1.165) is 6.07 Å². The van der Waals surface area contributed by atoms with Crippen molar-refractivity contribution in [3.63, 3.8) is 0 Å². The molecule has 0 aliphatic heterocycles. The molecule has 0 aromatic heterocycles. The minimum absolute atomic E-state index is 0.205. The number of hydrogen-bond donors (Lipinski definition) is 1. The zero-order valence-electron chi connectivity index (χ0n) is 10.4. The molecule has 0 atom stereocenters. The van der Waals surface area contributed by atoms with Crippen LogP contribution in [0.2, 0.25) is 5.02 Å². The van der Waals surface area contributed by atoms with Crippen molar-refractivity contribution >= 4 is 17.7 Å². The number of primary amides is 1. The van der Waals surface area contributed by atoms with Gasteiger partial charge in [-0.2, -0.15) is 13.2 Å². The van der Waals surface area contributed by atoms with Crippen molar-refractivity contribution < 1.29 is 22.7 Å². The van der Waals surface area contributed by atoms with Crippen LogP contribution in [0.4, 0.5) is 18.0 Å². The van der Waals surface area contributed by atoms with Crippen LogP contribution >= 0.6 is 11.6 Å². The molecule has 0 bridgehead atoms. The Bertz CT molecular complexity index is 669. The second-order valence-corrected chi connectivity index (χ2v) is 4.55. The van der Waals surface area contributed by atoms with Crippen LogP contribution in [0.3, 0.4) is 0 Å². The molecule has 3 nitrogen and oxygen atoms in total. The number of nitrogens with two attached hydrogens (primary N) is 1. The molecule has 0 saturated carbocycles. The fourth-order valence-corrected chi connectivity index (χ4v) is 1.98. The molecule has 2 rings (SSSR count). The van der Waals surface area contributed by atoms with Gasteiger partial charge in [-0.3, -0.25) is 0 Å². The minimum Gasteiger partial charge on any atom is -0.411 e. The van der Waals surface area contributed by atoms with E-state index in [0.29, 0.717) is 11.1 Å². The van der Waals surface area contributed by atoms with Gasteiger partial charge in [0.05, 0.1) is 10.6 Å². The molecule has 2 N–H and O–H groups in total. The van der Waals surface area contributed by atoms with Gasteiger partial charge in [0.1, 0.15) is 5.75 Å². The van der Waals surface area contributed by atoms with Crippen molar-refractivity contribution in [1.82, 2.24) is 0 Å². The largest absolute Gasteiger partial charge is 0.417 e. The van der Waals surface area contributed by atoms with Gasteiger partial charge in [0.2, 0.25) is 0 Å². The second-order valence-electron chi connectivity index (χ2n) is 4.14. The molecule has 21 heavy (non-hydrogen) atoms. The molecule has 110 valence electrons. The van der Waals surface area contributed by atoms with Crippen molar-refractivity contribution in [3.8, 4) is 16.9 Å². The van der Waals surface area contributed by atoms with E-state index in [1.165, 1.54) is 36.4 Å². The summed E-state index contributed by atoms with van der Waals surface area (Å²) in [6.07, 6.45) is -5.49. The Morgan fingerprint density at radius 2 is 1.62 bits per heavy atom. The number of carbonyl (C=O) groups excluding carboxylic acids is 1. The number of alkyl halides is 3. The second kappa shape index (κ2) is 5.65. The van der Waals surface area contributed by atoms with E-state index in [-0.39, 0.29) is 10.8 Å². The highest BCUT2D eigenvalue weighted by Gasteiger charge is 2.33. The van der Waals surface area contributed by atoms with Crippen molar-refractivity contribution in [2.24, 2.45) is 5.73 Å². The number of ether oxygens (including phenoxy) is 1. The zero-order valence-corrected chi connectivity index (χ0v) is 11.2. The third-order valence-corrected chi connectivity index (χ3v) is 3.01. The predicted octanol–water partition coefficient (Wildman–Crippen LogP) is 4.48. The van der Waals surface area contributed by atoms with Crippen LogP contribution in [0.1, 0.15) is 5.56 Å². The highest BCUT2D eigenvalue weighted by Crippen LogP contribution is 2.37. The molecule has 0 radical (unpaired) electrons. The standard InChI is InChI=1S/C14H9ClF3NO2/c15-12-6-3-9(7-11(12)14(16,17)18)8-1-4-10(5-2-8)21-13(19)20/h1-7H,(H2,19,20). The van der Waals surface area contributed by atoms with E-state index in [2.05, 4.69) is 4.74 Å². The highest BCUT2D eigenvalue weighted by atomic mass is 35.5. The number of amides is 1. The van der Waals surface area contributed by atoms with Gasteiger partial charge in [0.25, 0.3) is 0 Å². The Labute approximate surface area is 123 Å². The predicted molar refractivity (Wildman–Crippen MR) is 72.1 cm³/mol. The van der Waals surface area contributed by atoms with Crippen LogP contribution in [0, 0.1) is 0 Å². The summed E-state index contributed by atoms with van der Waals surface area (Å²) in [4.78, 5) is 10.6. The lowest BCUT2D eigenvalue weighted by Gasteiger charge is -2.11. The van der Waals surface area contributed by atoms with Gasteiger partial charge < -0.3 is 10.5 Å². The zero-order chi connectivity index (χ0) is 15.6. The molecule has 0 heterocycles. The Morgan fingerprint density at radius 3 is 2.14 bits per heavy atom. The van der Waals surface area contributed by atoms with Gasteiger partial charge in [0.15, 0.2) is 0 Å². The van der Waals surface area contributed by atoms with Gasteiger partial charge in [-0.15, -0.1) is 0 Å². The van der Waals surface area contributed by atoms with Crippen LogP contribution in [0.25, 0.3) is 11.1 Å². The van der Waals surface area contributed by atoms with Crippen LogP contribution < -0.4 is 10.5 Å². The van der Waals surface area contributed by atoms with Gasteiger partial charge >= 0.3 is 12.3 Å². The van der Waals surface area contributed by atoms with E-state index in [1.807, 2.05) is 0 Å². The summed E-state index contributed by atoms with van der Waals surface area (Å²) < 4.78 is 43.0. The molecule has 0 aliphatic carbocycles. The van der Waals surface area contributed by atoms with Gasteiger partial charge in [-0.25, -0.2) is 4.79 Å². The average Bonchev–Trinajstić information content (AvgIpc) is 2.38. The molecule has 0 fully saturated rings. The summed E-state index contributed by atoms with van der Waals surface area (Å²) in [6, 6.07) is 9.52. The normalized spacial score (nSPS) is 11.2. The quantitative estimate of drug-likeness (QED) is 0.888. The lowest BCUT2D eigenvalue weighted by molar-refractivity contribution is -0.137. The highest BCUT2D eigenvalue weighted by molar-refractivity contribution is 6.31. The fourth-order valence-electron chi connectivity index (χ4n) is 1.75. The maximum absolute atomic E-state index is 12.8. The van der Waals surface area contributed by atoms with Crippen molar-refractivity contribution in [2.45, 2.75) is 6.18 Å². The van der Waals surface area contributed by atoms with Crippen molar-refractivity contribution in [1.29, 1.82) is 0 Å². The third kappa shape index (κ3) is 3.66. The van der Waals surface area contributed by atoms with Crippen LogP contribution in [-0.4, -0.2) is 6.09 Å². The lowest BCUT2D eigenvalue weighted by atomic mass is 10.0. The minimum atomic E-state index is -4.53. The van der Waals surface area contributed by atoms with Gasteiger partial charge in [-0.05, 0) is 35.4 Å². The Kier molecular flexibility index (Phi) is 4.09. The topological polar surface area (TPSA) is 52.3 Å².